The van der Waals surface area contributed by atoms with Gasteiger partial charge in [-0.2, -0.15) is 0 Å². The van der Waals surface area contributed by atoms with Crippen LogP contribution in [0.1, 0.15) is 26.2 Å². The van der Waals surface area contributed by atoms with Crippen LogP contribution >= 0.6 is 0 Å². The van der Waals surface area contributed by atoms with E-state index in [0.29, 0.717) is 12.5 Å². The van der Waals surface area contributed by atoms with E-state index in [4.69, 9.17) is 5.73 Å². The van der Waals surface area contributed by atoms with Crippen molar-refractivity contribution in [3.8, 4) is 0 Å². The zero-order valence-corrected chi connectivity index (χ0v) is 6.26. The molecule has 0 heterocycles. The first kappa shape index (κ1) is 7.54. The van der Waals surface area contributed by atoms with Gasteiger partial charge in [-0.3, -0.25) is 4.79 Å². The first-order valence-electron chi connectivity index (χ1n) is 3.73. The van der Waals surface area contributed by atoms with E-state index in [0.717, 1.165) is 0 Å². The Morgan fingerprint density at radius 3 is 2.80 bits per heavy atom. The number of amides is 1. The summed E-state index contributed by atoms with van der Waals surface area (Å²) in [6.07, 6.45) is 2.96. The van der Waals surface area contributed by atoms with Crippen LogP contribution in [0.4, 0.5) is 0 Å². The second kappa shape index (κ2) is 3.01. The smallest absolute Gasteiger partial charge is 0.218 e. The molecule has 1 saturated carbocycles. The summed E-state index contributed by atoms with van der Waals surface area (Å²) in [5.41, 5.74) is 5.01. The molecule has 1 amide bonds. The van der Waals surface area contributed by atoms with Crippen molar-refractivity contribution in [2.45, 2.75) is 38.3 Å². The van der Waals surface area contributed by atoms with Gasteiger partial charge in [0.05, 0.1) is 0 Å². The molecular weight excluding hydrogens is 128 g/mol. The van der Waals surface area contributed by atoms with E-state index in [1.54, 1.807) is 0 Å². The highest BCUT2D eigenvalue weighted by Crippen LogP contribution is 2.19. The van der Waals surface area contributed by atoms with Crippen molar-refractivity contribution >= 4 is 5.91 Å². The van der Waals surface area contributed by atoms with E-state index in [-0.39, 0.29) is 11.9 Å². The molecule has 0 aromatic rings. The van der Waals surface area contributed by atoms with Gasteiger partial charge in [-0.05, 0) is 19.8 Å². The zero-order valence-electron chi connectivity index (χ0n) is 6.26. The summed E-state index contributed by atoms with van der Waals surface area (Å²) < 4.78 is 0. The van der Waals surface area contributed by atoms with Gasteiger partial charge in [0, 0.05) is 18.5 Å². The number of hydrogen-bond donors (Lipinski definition) is 2. The highest BCUT2D eigenvalue weighted by molar-refractivity contribution is 5.74. The first-order valence-corrected chi connectivity index (χ1v) is 3.73. The predicted octanol–water partition coefficient (Wildman–Crippen LogP) is 0.00230. The molecule has 0 radical (unpaired) electrons. The maximum atomic E-state index is 10.4. The molecule has 1 atom stereocenters. The van der Waals surface area contributed by atoms with Crippen LogP contribution < -0.4 is 11.1 Å². The van der Waals surface area contributed by atoms with E-state index < -0.39 is 0 Å². The zero-order chi connectivity index (χ0) is 7.56. The highest BCUT2D eigenvalue weighted by Gasteiger charge is 2.22. The fourth-order valence-corrected chi connectivity index (χ4v) is 1.01. The van der Waals surface area contributed by atoms with E-state index in [2.05, 4.69) is 5.32 Å². The fourth-order valence-electron chi connectivity index (χ4n) is 1.01. The van der Waals surface area contributed by atoms with Crippen molar-refractivity contribution in [2.24, 2.45) is 5.73 Å². The maximum absolute atomic E-state index is 10.4. The van der Waals surface area contributed by atoms with Gasteiger partial charge in [0.2, 0.25) is 5.91 Å². The summed E-state index contributed by atoms with van der Waals surface area (Å²) in [6.45, 7) is 1.99. The van der Waals surface area contributed by atoms with Crippen LogP contribution in [-0.4, -0.2) is 18.0 Å². The number of carbonyl (C=O) groups excluding carboxylic acids is 1. The van der Waals surface area contributed by atoms with Crippen LogP contribution in [0, 0.1) is 0 Å². The summed E-state index contributed by atoms with van der Waals surface area (Å²) >= 11 is 0. The number of nitrogens with one attached hydrogen (secondary N) is 1. The molecule has 10 heavy (non-hydrogen) atoms. The summed E-state index contributed by atoms with van der Waals surface area (Å²) in [4.78, 5) is 10.4. The normalized spacial score (nSPS) is 20.5. The first-order chi connectivity index (χ1) is 4.68. The average Bonchev–Trinajstić information content (AvgIpc) is 2.46. The standard InChI is InChI=1S/C7H14N2O/c1-5(4-7(8)10)9-6-2-3-6/h5-6,9H,2-4H2,1H3,(H2,8,10). The van der Waals surface area contributed by atoms with Gasteiger partial charge in [0.15, 0.2) is 0 Å². The van der Waals surface area contributed by atoms with Crippen molar-refractivity contribution < 1.29 is 4.79 Å². The van der Waals surface area contributed by atoms with E-state index in [1.807, 2.05) is 6.92 Å². The fraction of sp³-hybridized carbons (Fsp3) is 0.857. The third kappa shape index (κ3) is 2.82. The van der Waals surface area contributed by atoms with Crippen molar-refractivity contribution in [3.63, 3.8) is 0 Å². The van der Waals surface area contributed by atoms with Gasteiger partial charge in [-0.1, -0.05) is 0 Å². The summed E-state index contributed by atoms with van der Waals surface area (Å²) in [5, 5.41) is 3.28. The largest absolute Gasteiger partial charge is 0.370 e. The van der Waals surface area contributed by atoms with Gasteiger partial charge >= 0.3 is 0 Å². The molecule has 1 unspecified atom stereocenters. The van der Waals surface area contributed by atoms with Gasteiger partial charge in [-0.25, -0.2) is 0 Å². The van der Waals surface area contributed by atoms with Crippen LogP contribution in [0.15, 0.2) is 0 Å². The monoisotopic (exact) mass is 142 g/mol. The Labute approximate surface area is 61.0 Å². The average molecular weight is 142 g/mol. The number of nitrogens with two attached hydrogens (primary N) is 1. The predicted molar refractivity (Wildman–Crippen MR) is 39.4 cm³/mol. The topological polar surface area (TPSA) is 55.1 Å². The van der Waals surface area contributed by atoms with E-state index in [9.17, 15) is 4.79 Å². The Kier molecular flexibility index (Phi) is 2.27. The van der Waals surface area contributed by atoms with E-state index >= 15 is 0 Å². The summed E-state index contributed by atoms with van der Waals surface area (Å²) in [6, 6.07) is 0.916. The number of carbonyl (C=O) groups is 1. The molecule has 58 valence electrons. The van der Waals surface area contributed by atoms with Crippen molar-refractivity contribution in [3.05, 3.63) is 0 Å². The number of primary amides is 1. The molecule has 0 aliphatic heterocycles. The van der Waals surface area contributed by atoms with Crippen molar-refractivity contribution in [1.82, 2.24) is 5.32 Å². The van der Waals surface area contributed by atoms with E-state index in [1.165, 1.54) is 12.8 Å². The number of rotatable bonds is 4. The molecule has 0 aromatic heterocycles. The Balaban J connectivity index is 2.07. The van der Waals surface area contributed by atoms with Gasteiger partial charge in [-0.15, -0.1) is 0 Å². The molecule has 3 N–H and O–H groups in total. The molecule has 1 rings (SSSR count). The van der Waals surface area contributed by atoms with Crippen LogP contribution in [0.3, 0.4) is 0 Å². The lowest BCUT2D eigenvalue weighted by Crippen LogP contribution is -2.32. The molecule has 3 heteroatoms. The van der Waals surface area contributed by atoms with Crippen LogP contribution in [0.5, 0.6) is 0 Å². The lowest BCUT2D eigenvalue weighted by Gasteiger charge is -2.09. The molecule has 0 bridgehead atoms. The SMILES string of the molecule is CC(CC(N)=O)NC1CC1. The molecule has 1 aliphatic rings. The molecule has 1 fully saturated rings. The molecule has 0 saturated heterocycles. The van der Waals surface area contributed by atoms with Gasteiger partial charge < -0.3 is 11.1 Å². The third-order valence-electron chi connectivity index (χ3n) is 1.60. The quantitative estimate of drug-likeness (QED) is 0.580. The van der Waals surface area contributed by atoms with Crippen LogP contribution in [0.2, 0.25) is 0 Å². The van der Waals surface area contributed by atoms with Crippen molar-refractivity contribution in [1.29, 1.82) is 0 Å². The molecule has 3 nitrogen and oxygen atoms in total. The third-order valence-corrected chi connectivity index (χ3v) is 1.60. The minimum Gasteiger partial charge on any atom is -0.370 e. The Hall–Kier alpha value is -0.570. The maximum Gasteiger partial charge on any atom is 0.218 e. The Bertz CT molecular complexity index is 132. The van der Waals surface area contributed by atoms with Crippen molar-refractivity contribution in [2.75, 3.05) is 0 Å². The summed E-state index contributed by atoms with van der Waals surface area (Å²) in [5.74, 6) is -0.222. The Morgan fingerprint density at radius 2 is 2.40 bits per heavy atom. The minimum atomic E-state index is -0.222. The van der Waals surface area contributed by atoms with Crippen LogP contribution in [0.25, 0.3) is 0 Å². The number of hydrogen-bond acceptors (Lipinski definition) is 2. The molecule has 0 spiro atoms. The van der Waals surface area contributed by atoms with Gasteiger partial charge in [0.1, 0.15) is 0 Å². The lowest BCUT2D eigenvalue weighted by atomic mass is 10.2. The molecule has 0 aromatic carbocycles. The van der Waals surface area contributed by atoms with Gasteiger partial charge in [0.25, 0.3) is 0 Å². The lowest BCUT2D eigenvalue weighted by molar-refractivity contribution is -0.118. The molecular formula is C7H14N2O. The second-order valence-electron chi connectivity index (χ2n) is 3.01. The highest BCUT2D eigenvalue weighted by atomic mass is 16.1. The second-order valence-corrected chi connectivity index (χ2v) is 3.01. The Morgan fingerprint density at radius 1 is 1.80 bits per heavy atom. The minimum absolute atomic E-state index is 0.222. The molecule has 1 aliphatic carbocycles. The van der Waals surface area contributed by atoms with Crippen LogP contribution in [-0.2, 0) is 4.79 Å². The summed E-state index contributed by atoms with van der Waals surface area (Å²) in [7, 11) is 0.